The van der Waals surface area contributed by atoms with E-state index < -0.39 is 0 Å². The molecule has 0 bridgehead atoms. The molecule has 0 atom stereocenters. The molecule has 1 aromatic carbocycles. The maximum atomic E-state index is 12.9. The van der Waals surface area contributed by atoms with Crippen LogP contribution < -0.4 is 5.32 Å². The average molecular weight is 330 g/mol. The first-order chi connectivity index (χ1) is 11.5. The maximum absolute atomic E-state index is 12.9. The summed E-state index contributed by atoms with van der Waals surface area (Å²) in [6, 6.07) is 5.80. The van der Waals surface area contributed by atoms with Crippen molar-refractivity contribution in [3.05, 3.63) is 35.9 Å². The van der Waals surface area contributed by atoms with Crippen LogP contribution in [-0.2, 0) is 16.1 Å². The number of H-pyrrole nitrogens is 1. The van der Waals surface area contributed by atoms with Crippen LogP contribution in [0.4, 0.5) is 4.39 Å². The summed E-state index contributed by atoms with van der Waals surface area (Å²) in [5.41, 5.74) is 0.970. The number of aromatic nitrogens is 3. The number of carbonyl (C=O) groups excluding carboxylic acids is 2. The first-order valence-electron chi connectivity index (χ1n) is 7.32. The Kier molecular flexibility index (Phi) is 4.32. The summed E-state index contributed by atoms with van der Waals surface area (Å²) >= 11 is 0. The highest BCUT2D eigenvalue weighted by Crippen LogP contribution is 2.14. The molecule has 0 spiro atoms. The SMILES string of the molecule is CN1N=C(C(=O)NCc2nc(-c3ccc(F)cc3)n[nH]2)CCC1=O. The van der Waals surface area contributed by atoms with Crippen LogP contribution in [0.15, 0.2) is 29.4 Å². The average Bonchev–Trinajstić information content (AvgIpc) is 3.05. The Morgan fingerprint density at radius 2 is 2.08 bits per heavy atom. The number of nitrogens with zero attached hydrogens (tertiary/aromatic N) is 4. The second-order valence-corrected chi connectivity index (χ2v) is 5.26. The van der Waals surface area contributed by atoms with Crippen LogP contribution in [0.5, 0.6) is 0 Å². The van der Waals surface area contributed by atoms with Crippen LogP contribution in [-0.4, -0.2) is 44.8 Å². The van der Waals surface area contributed by atoms with Gasteiger partial charge in [0.05, 0.1) is 6.54 Å². The minimum Gasteiger partial charge on any atom is -0.344 e. The van der Waals surface area contributed by atoms with Gasteiger partial charge < -0.3 is 5.32 Å². The second kappa shape index (κ2) is 6.57. The summed E-state index contributed by atoms with van der Waals surface area (Å²) in [5.74, 6) is 0.0707. The van der Waals surface area contributed by atoms with Gasteiger partial charge in [-0.2, -0.15) is 10.2 Å². The molecule has 9 heteroatoms. The Balaban J connectivity index is 1.61. The summed E-state index contributed by atoms with van der Waals surface area (Å²) < 4.78 is 12.9. The van der Waals surface area contributed by atoms with E-state index in [9.17, 15) is 14.0 Å². The van der Waals surface area contributed by atoms with Crippen LogP contribution in [0.3, 0.4) is 0 Å². The largest absolute Gasteiger partial charge is 0.344 e. The molecule has 24 heavy (non-hydrogen) atoms. The lowest BCUT2D eigenvalue weighted by atomic mass is 10.1. The Hall–Kier alpha value is -3.10. The van der Waals surface area contributed by atoms with Crippen molar-refractivity contribution in [1.29, 1.82) is 0 Å². The van der Waals surface area contributed by atoms with Crippen molar-refractivity contribution in [1.82, 2.24) is 25.5 Å². The summed E-state index contributed by atoms with van der Waals surface area (Å²) in [4.78, 5) is 27.6. The molecule has 2 heterocycles. The predicted molar refractivity (Wildman–Crippen MR) is 83.1 cm³/mol. The summed E-state index contributed by atoms with van der Waals surface area (Å²) in [6.45, 7) is 0.143. The van der Waals surface area contributed by atoms with Gasteiger partial charge in [0.2, 0.25) is 5.91 Å². The van der Waals surface area contributed by atoms with E-state index in [2.05, 4.69) is 25.6 Å². The molecule has 1 aromatic heterocycles. The van der Waals surface area contributed by atoms with Crippen molar-refractivity contribution in [2.45, 2.75) is 19.4 Å². The number of amides is 2. The first kappa shape index (κ1) is 15.8. The molecule has 2 N–H and O–H groups in total. The van der Waals surface area contributed by atoms with Gasteiger partial charge >= 0.3 is 0 Å². The monoisotopic (exact) mass is 330 g/mol. The number of nitrogens with one attached hydrogen (secondary N) is 2. The highest BCUT2D eigenvalue weighted by Gasteiger charge is 2.21. The van der Waals surface area contributed by atoms with Crippen molar-refractivity contribution in [2.75, 3.05) is 7.05 Å². The molecule has 2 aromatic rings. The first-order valence-corrected chi connectivity index (χ1v) is 7.32. The highest BCUT2D eigenvalue weighted by atomic mass is 19.1. The van der Waals surface area contributed by atoms with Gasteiger partial charge in [-0.25, -0.2) is 14.4 Å². The molecule has 0 saturated heterocycles. The van der Waals surface area contributed by atoms with Gasteiger partial charge in [-0.05, 0) is 24.3 Å². The lowest BCUT2D eigenvalue weighted by molar-refractivity contribution is -0.130. The number of halogens is 1. The maximum Gasteiger partial charge on any atom is 0.267 e. The van der Waals surface area contributed by atoms with Crippen LogP contribution in [0.25, 0.3) is 11.4 Å². The third-order valence-corrected chi connectivity index (χ3v) is 3.52. The van der Waals surface area contributed by atoms with E-state index in [0.29, 0.717) is 29.3 Å². The zero-order valence-corrected chi connectivity index (χ0v) is 12.9. The lowest BCUT2D eigenvalue weighted by Crippen LogP contribution is -2.37. The van der Waals surface area contributed by atoms with Crippen molar-refractivity contribution >= 4 is 17.5 Å². The molecule has 2 amide bonds. The molecule has 0 unspecified atom stereocenters. The highest BCUT2D eigenvalue weighted by molar-refractivity contribution is 6.39. The normalized spacial score (nSPS) is 14.5. The fourth-order valence-corrected chi connectivity index (χ4v) is 2.20. The summed E-state index contributed by atoms with van der Waals surface area (Å²) in [7, 11) is 1.51. The molecular weight excluding hydrogens is 315 g/mol. The van der Waals surface area contributed by atoms with Gasteiger partial charge in [-0.1, -0.05) is 0 Å². The fourth-order valence-electron chi connectivity index (χ4n) is 2.20. The summed E-state index contributed by atoms with van der Waals surface area (Å²) in [6.07, 6.45) is 0.575. The van der Waals surface area contributed by atoms with Crippen LogP contribution >= 0.6 is 0 Å². The predicted octanol–water partition coefficient (Wildman–Crippen LogP) is 0.835. The Bertz CT molecular complexity index is 799. The molecule has 0 aliphatic carbocycles. The fraction of sp³-hybridized carbons (Fsp3) is 0.267. The Labute approximate surface area is 136 Å². The van der Waals surface area contributed by atoms with Crippen molar-refractivity contribution in [2.24, 2.45) is 5.10 Å². The van der Waals surface area contributed by atoms with Gasteiger partial charge in [0.25, 0.3) is 5.91 Å². The van der Waals surface area contributed by atoms with E-state index in [1.165, 1.54) is 24.2 Å². The molecule has 3 rings (SSSR count). The molecular formula is C15H15FN6O2. The van der Waals surface area contributed by atoms with E-state index in [1.54, 1.807) is 12.1 Å². The number of rotatable bonds is 4. The molecule has 0 saturated carbocycles. The van der Waals surface area contributed by atoms with E-state index >= 15 is 0 Å². The standard InChI is InChI=1S/C15H15FN6O2/c1-22-13(23)7-6-11(21-22)15(24)17-8-12-18-14(20-19-12)9-2-4-10(16)5-3-9/h2-5H,6-8H2,1H3,(H,17,24)(H,18,19,20). The van der Waals surface area contributed by atoms with Crippen molar-refractivity contribution in [3.8, 4) is 11.4 Å². The minimum atomic E-state index is -0.353. The van der Waals surface area contributed by atoms with E-state index in [4.69, 9.17) is 0 Å². The summed E-state index contributed by atoms with van der Waals surface area (Å²) in [5, 5.41) is 14.5. The third kappa shape index (κ3) is 3.45. The molecule has 1 aliphatic heterocycles. The van der Waals surface area contributed by atoms with Gasteiger partial charge in [-0.3, -0.25) is 14.7 Å². The van der Waals surface area contributed by atoms with Gasteiger partial charge in [0.15, 0.2) is 5.82 Å². The third-order valence-electron chi connectivity index (χ3n) is 3.52. The number of hydrazone groups is 1. The molecule has 0 radical (unpaired) electrons. The topological polar surface area (TPSA) is 103 Å². The van der Waals surface area contributed by atoms with Crippen LogP contribution in [0, 0.1) is 5.82 Å². The van der Waals surface area contributed by atoms with E-state index in [1.807, 2.05) is 0 Å². The van der Waals surface area contributed by atoms with Crippen molar-refractivity contribution in [3.63, 3.8) is 0 Å². The smallest absolute Gasteiger partial charge is 0.267 e. The quantitative estimate of drug-likeness (QED) is 0.867. The number of hydrogen-bond donors (Lipinski definition) is 2. The van der Waals surface area contributed by atoms with Crippen molar-refractivity contribution < 1.29 is 14.0 Å². The molecule has 1 aliphatic rings. The molecule has 124 valence electrons. The lowest BCUT2D eigenvalue weighted by Gasteiger charge is -2.18. The van der Waals surface area contributed by atoms with E-state index in [0.717, 1.165) is 0 Å². The van der Waals surface area contributed by atoms with E-state index in [-0.39, 0.29) is 30.6 Å². The second-order valence-electron chi connectivity index (χ2n) is 5.26. The number of aromatic amines is 1. The molecule has 0 fully saturated rings. The van der Waals surface area contributed by atoms with Gasteiger partial charge in [0, 0.05) is 25.5 Å². The van der Waals surface area contributed by atoms with Crippen LogP contribution in [0.1, 0.15) is 18.7 Å². The van der Waals surface area contributed by atoms with Gasteiger partial charge in [0.1, 0.15) is 17.4 Å². The zero-order valence-electron chi connectivity index (χ0n) is 12.9. The van der Waals surface area contributed by atoms with Gasteiger partial charge in [-0.15, -0.1) is 0 Å². The Morgan fingerprint density at radius 3 is 2.79 bits per heavy atom. The Morgan fingerprint density at radius 1 is 1.33 bits per heavy atom. The minimum absolute atomic E-state index is 0.120. The number of hydrogen-bond acceptors (Lipinski definition) is 5. The van der Waals surface area contributed by atoms with Crippen LogP contribution in [0.2, 0.25) is 0 Å². The number of benzene rings is 1. The zero-order chi connectivity index (χ0) is 17.1. The molecule has 8 nitrogen and oxygen atoms in total. The number of carbonyl (C=O) groups is 2.